The van der Waals surface area contributed by atoms with Gasteiger partial charge in [0, 0.05) is 31.4 Å². The van der Waals surface area contributed by atoms with Gasteiger partial charge in [-0.15, -0.1) is 0 Å². The third-order valence-corrected chi connectivity index (χ3v) is 3.35. The van der Waals surface area contributed by atoms with Gasteiger partial charge < -0.3 is 10.1 Å². The number of anilines is 1. The van der Waals surface area contributed by atoms with Crippen molar-refractivity contribution in [2.75, 3.05) is 18.5 Å². The van der Waals surface area contributed by atoms with Gasteiger partial charge in [0.25, 0.3) is 5.69 Å². The molecule has 0 bridgehead atoms. The maximum Gasteiger partial charge on any atom is 0.271 e. The molecule has 1 aliphatic rings. The number of non-ortho nitro benzene ring substituents is 1. The van der Waals surface area contributed by atoms with E-state index in [1.807, 2.05) is 6.92 Å². The molecule has 0 saturated carbocycles. The lowest BCUT2D eigenvalue weighted by Crippen LogP contribution is -2.28. The fourth-order valence-corrected chi connectivity index (χ4v) is 2.38. The summed E-state index contributed by atoms with van der Waals surface area (Å²) in [6, 6.07) is 3.24. The standard InChI is InChI=1S/C12H15ClN2O3/c1-8-6-10(15(16)17)7-11(13)12(8)14-9-2-4-18-5-3-9/h6-7,9,14H,2-5H2,1H3. The third-order valence-electron chi connectivity index (χ3n) is 3.05. The molecule has 1 saturated heterocycles. The molecule has 1 heterocycles. The summed E-state index contributed by atoms with van der Waals surface area (Å²) in [6.07, 6.45) is 1.85. The highest BCUT2D eigenvalue weighted by atomic mass is 35.5. The zero-order valence-corrected chi connectivity index (χ0v) is 10.9. The number of nitro groups is 1. The van der Waals surface area contributed by atoms with E-state index in [9.17, 15) is 10.1 Å². The Kier molecular flexibility index (Phi) is 4.04. The Balaban J connectivity index is 2.19. The van der Waals surface area contributed by atoms with Crippen LogP contribution < -0.4 is 5.32 Å². The Morgan fingerprint density at radius 3 is 2.67 bits per heavy atom. The minimum absolute atomic E-state index is 0.0232. The molecule has 6 heteroatoms. The number of aryl methyl sites for hydroxylation is 1. The van der Waals surface area contributed by atoms with E-state index >= 15 is 0 Å². The van der Waals surface area contributed by atoms with Crippen molar-refractivity contribution in [3.63, 3.8) is 0 Å². The zero-order chi connectivity index (χ0) is 13.1. The van der Waals surface area contributed by atoms with E-state index < -0.39 is 4.92 Å². The largest absolute Gasteiger partial charge is 0.381 e. The predicted octanol–water partition coefficient (Wildman–Crippen LogP) is 3.15. The van der Waals surface area contributed by atoms with E-state index in [0.717, 1.165) is 37.3 Å². The van der Waals surface area contributed by atoms with E-state index in [2.05, 4.69) is 5.32 Å². The summed E-state index contributed by atoms with van der Waals surface area (Å²) in [5.41, 5.74) is 1.60. The van der Waals surface area contributed by atoms with E-state index in [1.54, 1.807) is 0 Å². The van der Waals surface area contributed by atoms with Crippen LogP contribution in [0.1, 0.15) is 18.4 Å². The number of hydrogen-bond acceptors (Lipinski definition) is 4. The molecule has 0 unspecified atom stereocenters. The third kappa shape index (κ3) is 2.91. The van der Waals surface area contributed by atoms with Crippen LogP contribution in [0.25, 0.3) is 0 Å². The molecule has 98 valence electrons. The normalized spacial score (nSPS) is 16.6. The van der Waals surface area contributed by atoms with Crippen molar-refractivity contribution in [1.29, 1.82) is 0 Å². The summed E-state index contributed by atoms with van der Waals surface area (Å²) >= 11 is 6.10. The molecule has 18 heavy (non-hydrogen) atoms. The molecule has 0 atom stereocenters. The van der Waals surface area contributed by atoms with Crippen LogP contribution in [0.3, 0.4) is 0 Å². The van der Waals surface area contributed by atoms with Gasteiger partial charge in [-0.05, 0) is 25.3 Å². The van der Waals surface area contributed by atoms with E-state index in [4.69, 9.17) is 16.3 Å². The topological polar surface area (TPSA) is 64.4 Å². The first kappa shape index (κ1) is 13.1. The Morgan fingerprint density at radius 1 is 1.44 bits per heavy atom. The summed E-state index contributed by atoms with van der Waals surface area (Å²) < 4.78 is 5.29. The first-order chi connectivity index (χ1) is 8.58. The maximum atomic E-state index is 10.7. The van der Waals surface area contributed by atoms with Gasteiger partial charge in [0.2, 0.25) is 0 Å². The van der Waals surface area contributed by atoms with Crippen molar-refractivity contribution < 1.29 is 9.66 Å². The predicted molar refractivity (Wildman–Crippen MR) is 70.3 cm³/mol. The average Bonchev–Trinajstić information content (AvgIpc) is 2.34. The van der Waals surface area contributed by atoms with Crippen LogP contribution >= 0.6 is 11.6 Å². The SMILES string of the molecule is Cc1cc([N+](=O)[O-])cc(Cl)c1NC1CCOCC1. The van der Waals surface area contributed by atoms with Gasteiger partial charge >= 0.3 is 0 Å². The highest BCUT2D eigenvalue weighted by molar-refractivity contribution is 6.33. The second-order valence-corrected chi connectivity index (χ2v) is 4.81. The van der Waals surface area contributed by atoms with Gasteiger partial charge in [-0.2, -0.15) is 0 Å². The molecule has 1 aromatic carbocycles. The smallest absolute Gasteiger partial charge is 0.271 e. The number of nitrogens with one attached hydrogen (secondary N) is 1. The fourth-order valence-electron chi connectivity index (χ4n) is 2.06. The maximum absolute atomic E-state index is 10.7. The first-order valence-electron chi connectivity index (χ1n) is 5.86. The summed E-state index contributed by atoms with van der Waals surface area (Å²) in [7, 11) is 0. The minimum Gasteiger partial charge on any atom is -0.381 e. The van der Waals surface area contributed by atoms with Crippen LogP contribution in [0.5, 0.6) is 0 Å². The second kappa shape index (κ2) is 5.54. The molecule has 1 aromatic rings. The summed E-state index contributed by atoms with van der Waals surface area (Å²) in [4.78, 5) is 10.3. The van der Waals surface area contributed by atoms with Gasteiger partial charge in [-0.3, -0.25) is 10.1 Å². The van der Waals surface area contributed by atoms with Crippen molar-refractivity contribution in [2.24, 2.45) is 0 Å². The lowest BCUT2D eigenvalue weighted by atomic mass is 10.1. The van der Waals surface area contributed by atoms with E-state index in [1.165, 1.54) is 12.1 Å². The summed E-state index contributed by atoms with van der Waals surface area (Å²) in [5.74, 6) is 0. The van der Waals surface area contributed by atoms with Crippen molar-refractivity contribution in [1.82, 2.24) is 0 Å². The molecule has 1 fully saturated rings. The molecule has 2 rings (SSSR count). The molecule has 0 radical (unpaired) electrons. The number of nitro benzene ring substituents is 1. The van der Waals surface area contributed by atoms with Gasteiger partial charge in [-0.1, -0.05) is 11.6 Å². The monoisotopic (exact) mass is 270 g/mol. The number of nitrogens with zero attached hydrogens (tertiary/aromatic N) is 1. The van der Waals surface area contributed by atoms with Crippen LogP contribution in [0.15, 0.2) is 12.1 Å². The molecule has 0 aromatic heterocycles. The number of benzene rings is 1. The van der Waals surface area contributed by atoms with Gasteiger partial charge in [0.1, 0.15) is 0 Å². The van der Waals surface area contributed by atoms with Crippen LogP contribution in [0.4, 0.5) is 11.4 Å². The number of rotatable bonds is 3. The van der Waals surface area contributed by atoms with Crippen molar-refractivity contribution >= 4 is 23.0 Å². The molecule has 0 amide bonds. The highest BCUT2D eigenvalue weighted by Gasteiger charge is 2.18. The summed E-state index contributed by atoms with van der Waals surface area (Å²) in [6.45, 7) is 3.29. The number of ether oxygens (including phenoxy) is 1. The van der Waals surface area contributed by atoms with Gasteiger partial charge in [0.05, 0.1) is 15.6 Å². The van der Waals surface area contributed by atoms with Crippen molar-refractivity contribution in [3.05, 3.63) is 32.8 Å². The quantitative estimate of drug-likeness (QED) is 0.677. The lowest BCUT2D eigenvalue weighted by Gasteiger charge is -2.25. The molecular weight excluding hydrogens is 256 g/mol. The lowest BCUT2D eigenvalue weighted by molar-refractivity contribution is -0.384. The van der Waals surface area contributed by atoms with Gasteiger partial charge in [0.15, 0.2) is 0 Å². The van der Waals surface area contributed by atoms with E-state index in [-0.39, 0.29) is 5.69 Å². The molecule has 0 spiro atoms. The Labute approximate surface area is 110 Å². The fraction of sp³-hybridized carbons (Fsp3) is 0.500. The molecule has 5 nitrogen and oxygen atoms in total. The van der Waals surface area contributed by atoms with E-state index in [0.29, 0.717) is 11.1 Å². The van der Waals surface area contributed by atoms with Crippen molar-refractivity contribution in [3.8, 4) is 0 Å². The molecule has 0 aliphatic carbocycles. The molecule has 1 N–H and O–H groups in total. The Hall–Kier alpha value is -1.33. The van der Waals surface area contributed by atoms with Crippen molar-refractivity contribution in [2.45, 2.75) is 25.8 Å². The molecular formula is C12H15ClN2O3. The number of hydrogen-bond donors (Lipinski definition) is 1. The molecule has 1 aliphatic heterocycles. The Bertz CT molecular complexity index is 436. The second-order valence-electron chi connectivity index (χ2n) is 4.41. The Morgan fingerprint density at radius 2 is 2.11 bits per heavy atom. The number of halogens is 1. The minimum atomic E-state index is -0.433. The first-order valence-corrected chi connectivity index (χ1v) is 6.24. The highest BCUT2D eigenvalue weighted by Crippen LogP contribution is 2.32. The summed E-state index contributed by atoms with van der Waals surface area (Å²) in [5, 5.41) is 14.5. The average molecular weight is 271 g/mol. The van der Waals surface area contributed by atoms with Crippen LogP contribution in [-0.2, 0) is 4.74 Å². The zero-order valence-electron chi connectivity index (χ0n) is 10.1. The van der Waals surface area contributed by atoms with Crippen LogP contribution in [-0.4, -0.2) is 24.2 Å². The van der Waals surface area contributed by atoms with Crippen LogP contribution in [0, 0.1) is 17.0 Å². The van der Waals surface area contributed by atoms with Gasteiger partial charge in [-0.25, -0.2) is 0 Å². The van der Waals surface area contributed by atoms with Crippen LogP contribution in [0.2, 0.25) is 5.02 Å².